The summed E-state index contributed by atoms with van der Waals surface area (Å²) in [5.74, 6) is 2.54. The highest BCUT2D eigenvalue weighted by Gasteiger charge is 2.16. The van der Waals surface area contributed by atoms with Gasteiger partial charge in [0.05, 0.1) is 0 Å². The molecule has 20 heavy (non-hydrogen) atoms. The summed E-state index contributed by atoms with van der Waals surface area (Å²) < 4.78 is 0. The zero-order valence-electron chi connectivity index (χ0n) is 13.6. The van der Waals surface area contributed by atoms with E-state index in [0.29, 0.717) is 29.8 Å². The molecule has 0 aliphatic carbocycles. The largest absolute Gasteiger partial charge is 0.354 e. The summed E-state index contributed by atoms with van der Waals surface area (Å²) in [6.07, 6.45) is 2.30. The van der Waals surface area contributed by atoms with Crippen molar-refractivity contribution in [1.29, 1.82) is 0 Å². The van der Waals surface area contributed by atoms with Crippen molar-refractivity contribution >= 4 is 17.8 Å². The minimum absolute atomic E-state index is 0.344. The second kappa shape index (κ2) is 7.87. The van der Waals surface area contributed by atoms with E-state index in [1.165, 1.54) is 0 Å². The van der Waals surface area contributed by atoms with Crippen molar-refractivity contribution in [2.24, 2.45) is 5.92 Å². The summed E-state index contributed by atoms with van der Waals surface area (Å²) in [4.78, 5) is 15.1. The number of nitrogens with one attached hydrogen (secondary N) is 2. The van der Waals surface area contributed by atoms with Crippen LogP contribution in [0.2, 0.25) is 0 Å². The summed E-state index contributed by atoms with van der Waals surface area (Å²) in [5.41, 5.74) is 0. The predicted octanol–water partition coefficient (Wildman–Crippen LogP) is 2.61. The normalized spacial score (nSPS) is 12.3. The molecular formula is C14H28N6. The van der Waals surface area contributed by atoms with Gasteiger partial charge in [0.2, 0.25) is 17.8 Å². The third-order valence-corrected chi connectivity index (χ3v) is 3.47. The Balaban J connectivity index is 2.92. The second-order valence-corrected chi connectivity index (χ2v) is 5.22. The van der Waals surface area contributed by atoms with Crippen LogP contribution in [0.5, 0.6) is 0 Å². The lowest BCUT2D eigenvalue weighted by molar-refractivity contribution is 0.436. The Bertz CT molecular complexity index is 403. The Kier molecular flexibility index (Phi) is 6.48. The van der Waals surface area contributed by atoms with E-state index in [1.807, 2.05) is 25.9 Å². The molecular weight excluding hydrogens is 252 g/mol. The zero-order chi connectivity index (χ0) is 15.1. The predicted molar refractivity (Wildman–Crippen MR) is 85.5 cm³/mol. The monoisotopic (exact) mass is 280 g/mol. The minimum atomic E-state index is 0.344. The maximum atomic E-state index is 4.46. The highest BCUT2D eigenvalue weighted by atomic mass is 15.3. The quantitative estimate of drug-likeness (QED) is 0.763. The van der Waals surface area contributed by atoms with Gasteiger partial charge >= 0.3 is 0 Å². The van der Waals surface area contributed by atoms with Gasteiger partial charge in [0.1, 0.15) is 0 Å². The average molecular weight is 280 g/mol. The lowest BCUT2D eigenvalue weighted by Crippen LogP contribution is -2.27. The van der Waals surface area contributed by atoms with Gasteiger partial charge < -0.3 is 15.5 Å². The molecule has 0 spiro atoms. The maximum Gasteiger partial charge on any atom is 0.231 e. The second-order valence-electron chi connectivity index (χ2n) is 5.22. The van der Waals surface area contributed by atoms with Crippen molar-refractivity contribution < 1.29 is 0 Å². The molecule has 0 aliphatic heterocycles. The minimum Gasteiger partial charge on any atom is -0.354 e. The molecule has 0 amide bonds. The summed E-state index contributed by atoms with van der Waals surface area (Å²) in [6.45, 7) is 9.44. The molecule has 0 bridgehead atoms. The zero-order valence-corrected chi connectivity index (χ0v) is 13.6. The van der Waals surface area contributed by atoms with E-state index >= 15 is 0 Å². The summed E-state index contributed by atoms with van der Waals surface area (Å²) in [5, 5.41) is 6.55. The van der Waals surface area contributed by atoms with Gasteiger partial charge in [0, 0.05) is 26.7 Å². The number of hydrogen-bond donors (Lipinski definition) is 2. The van der Waals surface area contributed by atoms with Gasteiger partial charge in [-0.1, -0.05) is 26.7 Å². The van der Waals surface area contributed by atoms with E-state index in [9.17, 15) is 0 Å². The number of hydrogen-bond acceptors (Lipinski definition) is 6. The van der Waals surface area contributed by atoms with E-state index in [0.717, 1.165) is 19.4 Å². The Morgan fingerprint density at radius 1 is 1.00 bits per heavy atom. The molecule has 1 aromatic rings. The molecule has 0 fully saturated rings. The van der Waals surface area contributed by atoms with Gasteiger partial charge in [0.15, 0.2) is 0 Å². The summed E-state index contributed by atoms with van der Waals surface area (Å²) >= 11 is 0. The van der Waals surface area contributed by atoms with Crippen LogP contribution in [0, 0.1) is 5.92 Å². The Labute approximate surface area is 122 Å². The van der Waals surface area contributed by atoms with Gasteiger partial charge in [-0.15, -0.1) is 0 Å². The van der Waals surface area contributed by atoms with Crippen LogP contribution in [0.25, 0.3) is 0 Å². The first-order valence-corrected chi connectivity index (χ1v) is 7.45. The Morgan fingerprint density at radius 2 is 1.60 bits per heavy atom. The molecule has 1 heterocycles. The molecule has 1 unspecified atom stereocenters. The molecule has 6 heteroatoms. The van der Waals surface area contributed by atoms with Crippen molar-refractivity contribution in [3.8, 4) is 0 Å². The number of anilines is 3. The summed E-state index contributed by atoms with van der Waals surface area (Å²) in [6, 6.07) is 0.344. The molecule has 0 saturated heterocycles. The molecule has 2 N–H and O–H groups in total. The highest BCUT2D eigenvalue weighted by molar-refractivity contribution is 5.43. The standard InChI is InChI=1S/C14H28N6/c1-7-11(8-2)10(4)16-13-17-12(15-9-3)18-14(19-13)20(5)6/h10-11H,7-9H2,1-6H3,(H2,15,16,17,18,19). The average Bonchev–Trinajstić information content (AvgIpc) is 2.40. The van der Waals surface area contributed by atoms with Crippen molar-refractivity contribution in [3.63, 3.8) is 0 Å². The third-order valence-electron chi connectivity index (χ3n) is 3.47. The fraction of sp³-hybridized carbons (Fsp3) is 0.786. The molecule has 114 valence electrons. The molecule has 0 aromatic carbocycles. The number of rotatable bonds is 8. The van der Waals surface area contributed by atoms with Crippen LogP contribution in [0.15, 0.2) is 0 Å². The van der Waals surface area contributed by atoms with Crippen LogP contribution < -0.4 is 15.5 Å². The maximum absolute atomic E-state index is 4.46. The van der Waals surface area contributed by atoms with Crippen LogP contribution in [0.3, 0.4) is 0 Å². The highest BCUT2D eigenvalue weighted by Crippen LogP contribution is 2.18. The lowest BCUT2D eigenvalue weighted by Gasteiger charge is -2.23. The molecule has 6 nitrogen and oxygen atoms in total. The lowest BCUT2D eigenvalue weighted by atomic mass is 9.96. The van der Waals surface area contributed by atoms with Crippen molar-refractivity contribution in [1.82, 2.24) is 15.0 Å². The Morgan fingerprint density at radius 3 is 2.10 bits per heavy atom. The van der Waals surface area contributed by atoms with Crippen molar-refractivity contribution in [3.05, 3.63) is 0 Å². The SMILES string of the molecule is CCNc1nc(NC(C)C(CC)CC)nc(N(C)C)n1. The molecule has 1 atom stereocenters. The van der Waals surface area contributed by atoms with Crippen LogP contribution >= 0.6 is 0 Å². The van der Waals surface area contributed by atoms with Gasteiger partial charge in [0.25, 0.3) is 0 Å². The summed E-state index contributed by atoms with van der Waals surface area (Å²) in [7, 11) is 3.86. The van der Waals surface area contributed by atoms with Gasteiger partial charge in [-0.3, -0.25) is 0 Å². The van der Waals surface area contributed by atoms with E-state index in [4.69, 9.17) is 0 Å². The van der Waals surface area contributed by atoms with Crippen LogP contribution in [0.4, 0.5) is 17.8 Å². The van der Waals surface area contributed by atoms with E-state index in [-0.39, 0.29) is 0 Å². The molecule has 0 saturated carbocycles. The van der Waals surface area contributed by atoms with E-state index in [2.05, 4.69) is 46.4 Å². The molecule has 0 aliphatic rings. The van der Waals surface area contributed by atoms with Gasteiger partial charge in [-0.2, -0.15) is 15.0 Å². The van der Waals surface area contributed by atoms with Crippen LogP contribution in [-0.2, 0) is 0 Å². The van der Waals surface area contributed by atoms with Crippen molar-refractivity contribution in [2.45, 2.75) is 46.6 Å². The third kappa shape index (κ3) is 4.51. The van der Waals surface area contributed by atoms with Gasteiger partial charge in [-0.25, -0.2) is 0 Å². The number of aromatic nitrogens is 3. The fourth-order valence-corrected chi connectivity index (χ4v) is 2.18. The molecule has 1 aromatic heterocycles. The Hall–Kier alpha value is -1.59. The van der Waals surface area contributed by atoms with E-state index in [1.54, 1.807) is 0 Å². The fourth-order valence-electron chi connectivity index (χ4n) is 2.18. The van der Waals surface area contributed by atoms with Crippen LogP contribution in [0.1, 0.15) is 40.5 Å². The first kappa shape index (κ1) is 16.5. The first-order chi connectivity index (χ1) is 9.51. The first-order valence-electron chi connectivity index (χ1n) is 7.45. The topological polar surface area (TPSA) is 66.0 Å². The van der Waals surface area contributed by atoms with Crippen LogP contribution in [-0.4, -0.2) is 41.6 Å². The molecule has 1 rings (SSSR count). The van der Waals surface area contributed by atoms with E-state index < -0.39 is 0 Å². The number of nitrogens with zero attached hydrogens (tertiary/aromatic N) is 4. The van der Waals surface area contributed by atoms with Crippen molar-refractivity contribution in [2.75, 3.05) is 36.2 Å². The smallest absolute Gasteiger partial charge is 0.231 e. The van der Waals surface area contributed by atoms with Gasteiger partial charge in [-0.05, 0) is 19.8 Å². The molecule has 0 radical (unpaired) electrons.